The number of hydrogen-bond acceptors (Lipinski definition) is 1. The zero-order chi connectivity index (χ0) is 19.7. The summed E-state index contributed by atoms with van der Waals surface area (Å²) in [5.41, 5.74) is 2.66. The van der Waals surface area contributed by atoms with Gasteiger partial charge in [0.2, 0.25) is 0 Å². The highest BCUT2D eigenvalue weighted by atomic mass is 28.4. The Morgan fingerprint density at radius 2 is 1.48 bits per heavy atom. The average molecular weight is 376 g/mol. The lowest BCUT2D eigenvalue weighted by molar-refractivity contribution is 0.486. The van der Waals surface area contributed by atoms with Gasteiger partial charge in [-0.25, -0.2) is 0 Å². The highest BCUT2D eigenvalue weighted by Gasteiger charge is 2.55. The standard InChI is InChI=1S/C22H41NSi2/c1-12-19-14-13-15-20(18-19)16-17-23(24(8,9)10)25(11,21(2,3)4)22(5,6)7/h12-15,18H,1,16-17H2,2-11H3. The molecule has 0 heterocycles. The molecule has 0 aliphatic heterocycles. The molecule has 0 spiro atoms. The van der Waals surface area contributed by atoms with E-state index in [1.807, 2.05) is 6.08 Å². The van der Waals surface area contributed by atoms with Crippen molar-refractivity contribution in [2.45, 2.75) is 84.2 Å². The third-order valence-electron chi connectivity index (χ3n) is 6.08. The molecule has 0 atom stereocenters. The summed E-state index contributed by atoms with van der Waals surface area (Å²) in [4.78, 5) is 0. The van der Waals surface area contributed by atoms with Crippen molar-refractivity contribution in [3.05, 3.63) is 42.0 Å². The van der Waals surface area contributed by atoms with E-state index in [9.17, 15) is 0 Å². The van der Waals surface area contributed by atoms with E-state index in [1.54, 1.807) is 0 Å². The van der Waals surface area contributed by atoms with Crippen molar-refractivity contribution in [1.82, 2.24) is 4.23 Å². The van der Waals surface area contributed by atoms with E-state index < -0.39 is 16.5 Å². The van der Waals surface area contributed by atoms with Gasteiger partial charge in [-0.05, 0) is 34.2 Å². The molecule has 0 bridgehead atoms. The van der Waals surface area contributed by atoms with Crippen LogP contribution < -0.4 is 0 Å². The molecular formula is C22H41NSi2. The maximum atomic E-state index is 3.91. The monoisotopic (exact) mass is 375 g/mol. The lowest BCUT2D eigenvalue weighted by atomic mass is 10.1. The lowest BCUT2D eigenvalue weighted by Gasteiger charge is -2.60. The van der Waals surface area contributed by atoms with Crippen LogP contribution in [0.15, 0.2) is 30.8 Å². The van der Waals surface area contributed by atoms with Crippen LogP contribution in [0.25, 0.3) is 6.08 Å². The van der Waals surface area contributed by atoms with E-state index in [4.69, 9.17) is 0 Å². The van der Waals surface area contributed by atoms with Crippen molar-refractivity contribution in [2.75, 3.05) is 6.54 Å². The van der Waals surface area contributed by atoms with Gasteiger partial charge in [-0.3, -0.25) is 0 Å². The van der Waals surface area contributed by atoms with Gasteiger partial charge >= 0.3 is 0 Å². The molecule has 0 aromatic heterocycles. The highest BCUT2D eigenvalue weighted by molar-refractivity contribution is 6.93. The smallest absolute Gasteiger partial charge is 0.129 e. The second-order valence-corrected chi connectivity index (χ2v) is 21.6. The van der Waals surface area contributed by atoms with E-state index in [2.05, 4.69) is 103 Å². The minimum atomic E-state index is -1.72. The van der Waals surface area contributed by atoms with E-state index in [1.165, 1.54) is 17.7 Å². The van der Waals surface area contributed by atoms with Gasteiger partial charge in [0.25, 0.3) is 0 Å². The van der Waals surface area contributed by atoms with Crippen molar-refractivity contribution in [1.29, 1.82) is 0 Å². The summed E-state index contributed by atoms with van der Waals surface area (Å²) in [5.74, 6) is 0. The molecule has 1 aromatic rings. The topological polar surface area (TPSA) is 3.24 Å². The normalized spacial score (nSPS) is 14.0. The molecule has 0 N–H and O–H groups in total. The molecule has 0 fully saturated rings. The zero-order valence-corrected chi connectivity index (χ0v) is 20.5. The summed E-state index contributed by atoms with van der Waals surface area (Å²) >= 11 is 0. The number of benzene rings is 1. The van der Waals surface area contributed by atoms with E-state index in [0.717, 1.165) is 6.42 Å². The number of nitrogens with zero attached hydrogens (tertiary/aromatic N) is 1. The van der Waals surface area contributed by atoms with E-state index in [0.29, 0.717) is 10.1 Å². The Morgan fingerprint density at radius 3 is 1.88 bits per heavy atom. The first kappa shape index (κ1) is 22.4. The summed E-state index contributed by atoms with van der Waals surface area (Å²) in [6, 6.07) is 8.86. The van der Waals surface area contributed by atoms with Crippen LogP contribution in [0.2, 0.25) is 36.3 Å². The van der Waals surface area contributed by atoms with Crippen LogP contribution in [-0.2, 0) is 6.42 Å². The Labute approximate surface area is 159 Å². The second-order valence-electron chi connectivity index (χ2n) is 10.6. The predicted octanol–water partition coefficient (Wildman–Crippen LogP) is 7.18. The molecule has 1 aromatic carbocycles. The van der Waals surface area contributed by atoms with Crippen molar-refractivity contribution in [3.63, 3.8) is 0 Å². The molecule has 0 aliphatic carbocycles. The molecule has 142 valence electrons. The fourth-order valence-corrected chi connectivity index (χ4v) is 16.9. The third-order valence-corrected chi connectivity index (χ3v) is 18.4. The molecule has 0 saturated carbocycles. The fourth-order valence-electron chi connectivity index (χ4n) is 4.28. The Hall–Kier alpha value is -0.646. The van der Waals surface area contributed by atoms with Gasteiger partial charge in [-0.15, -0.1) is 0 Å². The van der Waals surface area contributed by atoms with Crippen LogP contribution in [0.4, 0.5) is 0 Å². The predicted molar refractivity (Wildman–Crippen MR) is 121 cm³/mol. The van der Waals surface area contributed by atoms with Gasteiger partial charge in [0, 0.05) is 0 Å². The highest BCUT2D eigenvalue weighted by Crippen LogP contribution is 2.53. The van der Waals surface area contributed by atoms with Crippen LogP contribution in [0.1, 0.15) is 52.7 Å². The minimum absolute atomic E-state index is 0.342. The van der Waals surface area contributed by atoms with Crippen LogP contribution in [0.5, 0.6) is 0 Å². The van der Waals surface area contributed by atoms with Crippen LogP contribution in [-0.4, -0.2) is 27.2 Å². The largest absolute Gasteiger partial charge is 0.345 e. The summed E-state index contributed by atoms with van der Waals surface area (Å²) in [6.07, 6.45) is 3.07. The van der Waals surface area contributed by atoms with E-state index >= 15 is 0 Å². The molecule has 0 saturated heterocycles. The van der Waals surface area contributed by atoms with Gasteiger partial charge in [0.1, 0.15) is 16.5 Å². The van der Waals surface area contributed by atoms with Gasteiger partial charge in [0.15, 0.2) is 0 Å². The maximum Gasteiger partial charge on any atom is 0.129 e. The lowest BCUT2D eigenvalue weighted by Crippen LogP contribution is -2.70. The summed E-state index contributed by atoms with van der Waals surface area (Å²) in [6.45, 7) is 30.1. The first-order valence-corrected chi connectivity index (χ1v) is 15.5. The molecule has 25 heavy (non-hydrogen) atoms. The third kappa shape index (κ3) is 4.96. The van der Waals surface area contributed by atoms with Crippen molar-refractivity contribution >= 4 is 22.5 Å². The van der Waals surface area contributed by atoms with Crippen LogP contribution in [0.3, 0.4) is 0 Å². The summed E-state index contributed by atoms with van der Waals surface area (Å²) in [7, 11) is -3.16. The Morgan fingerprint density at radius 1 is 0.960 bits per heavy atom. The van der Waals surface area contributed by atoms with Gasteiger partial charge in [-0.1, -0.05) is 105 Å². The SMILES string of the molecule is C=Cc1cccc(CCN([Si](C)(C)C)[Si](C)(C(C)(C)C)C(C)(C)C)c1. The first-order valence-electron chi connectivity index (χ1n) is 9.64. The quantitative estimate of drug-likeness (QED) is 0.476. The Kier molecular flexibility index (Phi) is 6.75. The molecule has 0 radical (unpaired) electrons. The summed E-state index contributed by atoms with van der Waals surface area (Å²) < 4.78 is 3.01. The number of hydrogen-bond donors (Lipinski definition) is 0. The van der Waals surface area contributed by atoms with Gasteiger partial charge < -0.3 is 4.23 Å². The molecule has 0 amide bonds. The average Bonchev–Trinajstić information content (AvgIpc) is 2.43. The van der Waals surface area contributed by atoms with Crippen molar-refractivity contribution in [3.8, 4) is 0 Å². The summed E-state index contributed by atoms with van der Waals surface area (Å²) in [5, 5.41) is 0.684. The molecule has 3 heteroatoms. The van der Waals surface area contributed by atoms with Gasteiger partial charge in [-0.2, -0.15) is 0 Å². The van der Waals surface area contributed by atoms with Crippen molar-refractivity contribution in [2.24, 2.45) is 0 Å². The van der Waals surface area contributed by atoms with Crippen LogP contribution in [0, 0.1) is 0 Å². The van der Waals surface area contributed by atoms with Crippen LogP contribution >= 0.6 is 0 Å². The number of rotatable bonds is 6. The molecular weight excluding hydrogens is 334 g/mol. The van der Waals surface area contributed by atoms with Gasteiger partial charge in [0.05, 0.1) is 0 Å². The van der Waals surface area contributed by atoms with Crippen molar-refractivity contribution < 1.29 is 0 Å². The maximum absolute atomic E-state index is 3.91. The minimum Gasteiger partial charge on any atom is -0.345 e. The molecule has 0 aliphatic rings. The Balaban J connectivity index is 3.26. The first-order chi connectivity index (χ1) is 11.1. The van der Waals surface area contributed by atoms with E-state index in [-0.39, 0.29) is 0 Å². The second kappa shape index (κ2) is 7.54. The molecule has 1 nitrogen and oxygen atoms in total. The molecule has 1 rings (SSSR count). The zero-order valence-electron chi connectivity index (χ0n) is 18.5. The Bertz CT molecular complexity index is 571. The molecule has 0 unspecified atom stereocenters. The fraction of sp³-hybridized carbons (Fsp3) is 0.636.